The Morgan fingerprint density at radius 1 is 1.18 bits per heavy atom. The van der Waals surface area contributed by atoms with Crippen molar-refractivity contribution >= 4 is 16.7 Å². The molecule has 2 aliphatic rings. The van der Waals surface area contributed by atoms with Crippen LogP contribution in [0, 0.1) is 12.8 Å². The molecule has 1 saturated carbocycles. The third kappa shape index (κ3) is 3.14. The lowest BCUT2D eigenvalue weighted by Crippen LogP contribution is -2.36. The zero-order valence-electron chi connectivity index (χ0n) is 16.1. The molecule has 7 heteroatoms. The van der Waals surface area contributed by atoms with Gasteiger partial charge in [-0.2, -0.15) is 5.10 Å². The van der Waals surface area contributed by atoms with E-state index in [-0.39, 0.29) is 6.61 Å². The molecule has 3 heterocycles. The number of anilines is 1. The summed E-state index contributed by atoms with van der Waals surface area (Å²) in [5.41, 5.74) is 5.81. The van der Waals surface area contributed by atoms with Crippen molar-refractivity contribution in [3.8, 4) is 11.3 Å². The lowest BCUT2D eigenvalue weighted by molar-refractivity contribution is 0.105. The molecule has 3 aromatic rings. The Labute approximate surface area is 164 Å². The molecule has 0 bridgehead atoms. The average Bonchev–Trinajstić information content (AvgIpc) is 3.08. The molecular formula is C21H25N5O2. The molecule has 0 atom stereocenters. The summed E-state index contributed by atoms with van der Waals surface area (Å²) in [4.78, 5) is 11.8. The molecule has 1 saturated heterocycles. The Balaban J connectivity index is 1.45. The highest BCUT2D eigenvalue weighted by atomic mass is 16.5. The van der Waals surface area contributed by atoms with Gasteiger partial charge in [0.15, 0.2) is 0 Å². The fourth-order valence-electron chi connectivity index (χ4n) is 4.13. The standard InChI is InChI=1S/C21H25N5O2/c1-14-18(12-26(24-14)17-8-15(9-17)13-27)21-11-22-19-3-2-16(10-20(19)23-21)25-4-6-28-7-5-25/h2-3,10-12,15,17,27H,4-9,13H2,1H3/t15-,17-. The molecule has 5 rings (SSSR count). The van der Waals surface area contributed by atoms with Gasteiger partial charge in [-0.15, -0.1) is 0 Å². The van der Waals surface area contributed by atoms with Crippen molar-refractivity contribution in [2.24, 2.45) is 5.92 Å². The van der Waals surface area contributed by atoms with Crippen LogP contribution in [0.15, 0.2) is 30.6 Å². The number of ether oxygens (including phenoxy) is 1. The fraction of sp³-hybridized carbons (Fsp3) is 0.476. The first-order chi connectivity index (χ1) is 13.7. The first-order valence-electron chi connectivity index (χ1n) is 9.98. The number of fused-ring (bicyclic) bond motifs is 1. The van der Waals surface area contributed by atoms with Gasteiger partial charge in [0, 0.05) is 37.1 Å². The topological polar surface area (TPSA) is 76.3 Å². The van der Waals surface area contributed by atoms with Crippen molar-refractivity contribution < 1.29 is 9.84 Å². The van der Waals surface area contributed by atoms with Crippen LogP contribution in [-0.4, -0.2) is 57.8 Å². The lowest BCUT2D eigenvalue weighted by Gasteiger charge is -2.34. The van der Waals surface area contributed by atoms with E-state index in [1.54, 1.807) is 0 Å². The summed E-state index contributed by atoms with van der Waals surface area (Å²) < 4.78 is 7.49. The van der Waals surface area contributed by atoms with Gasteiger partial charge in [0.2, 0.25) is 0 Å². The summed E-state index contributed by atoms with van der Waals surface area (Å²) in [5.74, 6) is 0.414. The Bertz CT molecular complexity index is 990. The molecule has 1 aliphatic heterocycles. The quantitative estimate of drug-likeness (QED) is 0.751. The van der Waals surface area contributed by atoms with Gasteiger partial charge in [-0.3, -0.25) is 9.67 Å². The molecule has 0 spiro atoms. The van der Waals surface area contributed by atoms with Crippen molar-refractivity contribution in [1.82, 2.24) is 19.7 Å². The first kappa shape index (κ1) is 17.6. The molecule has 2 aromatic heterocycles. The summed E-state index contributed by atoms with van der Waals surface area (Å²) in [6.07, 6.45) is 5.89. The number of aryl methyl sites for hydroxylation is 1. The van der Waals surface area contributed by atoms with E-state index in [1.165, 1.54) is 5.69 Å². The second-order valence-electron chi connectivity index (χ2n) is 7.81. The Hall–Kier alpha value is -2.51. The number of morpholine rings is 1. The molecule has 1 N–H and O–H groups in total. The monoisotopic (exact) mass is 379 g/mol. The molecule has 2 fully saturated rings. The number of hydrogen-bond acceptors (Lipinski definition) is 6. The molecule has 7 nitrogen and oxygen atoms in total. The summed E-state index contributed by atoms with van der Waals surface area (Å²) in [6.45, 7) is 5.62. The average molecular weight is 379 g/mol. The zero-order valence-corrected chi connectivity index (χ0v) is 16.1. The molecular weight excluding hydrogens is 354 g/mol. The van der Waals surface area contributed by atoms with E-state index in [9.17, 15) is 5.11 Å². The van der Waals surface area contributed by atoms with Crippen LogP contribution in [0.25, 0.3) is 22.3 Å². The van der Waals surface area contributed by atoms with Crippen LogP contribution in [0.3, 0.4) is 0 Å². The first-order valence-corrected chi connectivity index (χ1v) is 9.98. The summed E-state index contributed by atoms with van der Waals surface area (Å²) >= 11 is 0. The minimum Gasteiger partial charge on any atom is -0.396 e. The minimum absolute atomic E-state index is 0.269. The smallest absolute Gasteiger partial charge is 0.0927 e. The Morgan fingerprint density at radius 2 is 2.00 bits per heavy atom. The van der Waals surface area contributed by atoms with Crippen molar-refractivity contribution in [3.63, 3.8) is 0 Å². The van der Waals surface area contributed by atoms with Crippen molar-refractivity contribution in [2.75, 3.05) is 37.8 Å². The van der Waals surface area contributed by atoms with Crippen LogP contribution in [0.4, 0.5) is 5.69 Å². The maximum Gasteiger partial charge on any atom is 0.0927 e. The summed E-state index contributed by atoms with van der Waals surface area (Å²) in [6, 6.07) is 6.65. The molecule has 1 aliphatic carbocycles. The highest BCUT2D eigenvalue weighted by Gasteiger charge is 2.31. The van der Waals surface area contributed by atoms with Gasteiger partial charge in [0.1, 0.15) is 0 Å². The van der Waals surface area contributed by atoms with E-state index >= 15 is 0 Å². The maximum absolute atomic E-state index is 9.25. The van der Waals surface area contributed by atoms with Crippen LogP contribution in [0.5, 0.6) is 0 Å². The number of nitrogens with zero attached hydrogens (tertiary/aromatic N) is 5. The van der Waals surface area contributed by atoms with Gasteiger partial charge in [-0.05, 0) is 43.9 Å². The third-order valence-electron chi connectivity index (χ3n) is 5.94. The fourth-order valence-corrected chi connectivity index (χ4v) is 4.13. The van der Waals surface area contributed by atoms with Crippen molar-refractivity contribution in [2.45, 2.75) is 25.8 Å². The highest BCUT2D eigenvalue weighted by molar-refractivity contribution is 5.81. The van der Waals surface area contributed by atoms with E-state index in [0.717, 1.165) is 67.1 Å². The second-order valence-corrected chi connectivity index (χ2v) is 7.81. The van der Waals surface area contributed by atoms with Crippen molar-refractivity contribution in [1.29, 1.82) is 0 Å². The van der Waals surface area contributed by atoms with Gasteiger partial charge in [-0.25, -0.2) is 4.98 Å². The van der Waals surface area contributed by atoms with E-state index in [0.29, 0.717) is 12.0 Å². The largest absolute Gasteiger partial charge is 0.396 e. The highest BCUT2D eigenvalue weighted by Crippen LogP contribution is 2.38. The summed E-state index contributed by atoms with van der Waals surface area (Å²) in [7, 11) is 0. The predicted octanol–water partition coefficient (Wildman–Crippen LogP) is 2.58. The molecule has 1 aromatic carbocycles. The van der Waals surface area contributed by atoms with Gasteiger partial charge < -0.3 is 14.7 Å². The maximum atomic E-state index is 9.25. The normalized spacial score (nSPS) is 22.4. The van der Waals surface area contributed by atoms with Gasteiger partial charge >= 0.3 is 0 Å². The zero-order chi connectivity index (χ0) is 19.1. The molecule has 146 valence electrons. The second kappa shape index (κ2) is 7.14. The Kier molecular flexibility index (Phi) is 4.49. The number of aromatic nitrogens is 4. The van der Waals surface area contributed by atoms with Crippen LogP contribution in [-0.2, 0) is 4.74 Å². The molecule has 0 amide bonds. The number of aliphatic hydroxyl groups is 1. The predicted molar refractivity (Wildman–Crippen MR) is 107 cm³/mol. The molecule has 0 radical (unpaired) electrons. The summed E-state index contributed by atoms with van der Waals surface area (Å²) in [5, 5.41) is 13.9. The third-order valence-corrected chi connectivity index (χ3v) is 5.94. The number of rotatable bonds is 4. The SMILES string of the molecule is Cc1nn([C@H]2C[C@H](CO)C2)cc1-c1cnc2ccc(N3CCOCC3)cc2n1. The van der Waals surface area contributed by atoms with Crippen LogP contribution in [0.2, 0.25) is 0 Å². The van der Waals surface area contributed by atoms with Gasteiger partial charge in [0.05, 0.1) is 47.9 Å². The van der Waals surface area contributed by atoms with Gasteiger partial charge in [-0.1, -0.05) is 0 Å². The van der Waals surface area contributed by atoms with Crippen LogP contribution >= 0.6 is 0 Å². The minimum atomic E-state index is 0.269. The van der Waals surface area contributed by atoms with E-state index in [1.807, 2.05) is 23.9 Å². The van der Waals surface area contributed by atoms with Crippen LogP contribution < -0.4 is 4.90 Å². The Morgan fingerprint density at radius 3 is 2.79 bits per heavy atom. The number of aliphatic hydroxyl groups excluding tert-OH is 1. The van der Waals surface area contributed by atoms with Crippen molar-refractivity contribution in [3.05, 3.63) is 36.3 Å². The molecule has 28 heavy (non-hydrogen) atoms. The van der Waals surface area contributed by atoms with E-state index in [2.05, 4.69) is 28.2 Å². The van der Waals surface area contributed by atoms with Gasteiger partial charge in [0.25, 0.3) is 0 Å². The molecule has 0 unspecified atom stereocenters. The van der Waals surface area contributed by atoms with E-state index < -0.39 is 0 Å². The van der Waals surface area contributed by atoms with Crippen LogP contribution in [0.1, 0.15) is 24.6 Å². The number of benzene rings is 1. The lowest BCUT2D eigenvalue weighted by atomic mass is 9.81. The number of hydrogen-bond donors (Lipinski definition) is 1. The van der Waals surface area contributed by atoms with E-state index in [4.69, 9.17) is 14.8 Å².